The lowest BCUT2D eigenvalue weighted by Crippen LogP contribution is -2.37. The van der Waals surface area contributed by atoms with Crippen LogP contribution in [-0.2, 0) is 0 Å². The summed E-state index contributed by atoms with van der Waals surface area (Å²) in [6, 6.07) is 21.1. The van der Waals surface area contributed by atoms with Crippen molar-refractivity contribution in [3.05, 3.63) is 83.7 Å². The average Bonchev–Trinajstić information content (AvgIpc) is 3.28. The lowest BCUT2D eigenvalue weighted by molar-refractivity contribution is 0.0784. The number of rotatable bonds is 4. The molecular formula is C27H29FN2O. The van der Waals surface area contributed by atoms with Crippen molar-refractivity contribution in [1.82, 2.24) is 9.80 Å². The van der Waals surface area contributed by atoms with Crippen LogP contribution in [0.1, 0.15) is 41.1 Å². The highest BCUT2D eigenvalue weighted by atomic mass is 19.1. The first-order chi connectivity index (χ1) is 15.2. The lowest BCUT2D eigenvalue weighted by atomic mass is 9.89. The van der Waals surface area contributed by atoms with Crippen LogP contribution in [0.3, 0.4) is 0 Å². The minimum atomic E-state index is -0.162. The second-order valence-corrected chi connectivity index (χ2v) is 9.06. The number of piperidine rings is 1. The minimum absolute atomic E-state index is 0.161. The summed E-state index contributed by atoms with van der Waals surface area (Å²) in [5, 5.41) is 2.16. The van der Waals surface area contributed by atoms with Crippen molar-refractivity contribution in [2.24, 2.45) is 5.92 Å². The van der Waals surface area contributed by atoms with Gasteiger partial charge in [0.15, 0.2) is 0 Å². The molecule has 3 aromatic carbocycles. The molecule has 2 aliphatic rings. The van der Waals surface area contributed by atoms with E-state index in [4.69, 9.17) is 0 Å². The summed E-state index contributed by atoms with van der Waals surface area (Å²) in [5.74, 6) is 1.07. The standard InChI is InChI=1S/C27H29FN2O/c28-24-10-8-21(9-11-24)22-13-15-29(16-14-22)18-20-12-17-30(19-20)27(31)26-7-3-5-23-4-1-2-6-25(23)26/h1-11,20,22H,12-19H2. The van der Waals surface area contributed by atoms with E-state index < -0.39 is 0 Å². The Kier molecular flexibility index (Phi) is 5.73. The van der Waals surface area contributed by atoms with Gasteiger partial charge >= 0.3 is 0 Å². The molecule has 0 bridgehead atoms. The van der Waals surface area contributed by atoms with E-state index in [1.807, 2.05) is 47.4 Å². The number of fused-ring (bicyclic) bond motifs is 1. The maximum Gasteiger partial charge on any atom is 0.254 e. The summed E-state index contributed by atoms with van der Waals surface area (Å²) in [6.45, 7) is 4.92. The van der Waals surface area contributed by atoms with Crippen molar-refractivity contribution in [3.8, 4) is 0 Å². The number of amides is 1. The van der Waals surface area contributed by atoms with Gasteiger partial charge in [-0.25, -0.2) is 4.39 Å². The molecule has 160 valence electrons. The molecule has 0 aromatic heterocycles. The number of benzene rings is 3. The second-order valence-electron chi connectivity index (χ2n) is 9.06. The Morgan fingerprint density at radius 1 is 0.871 bits per heavy atom. The van der Waals surface area contributed by atoms with E-state index in [1.54, 1.807) is 12.1 Å². The van der Waals surface area contributed by atoms with Crippen molar-refractivity contribution in [2.75, 3.05) is 32.7 Å². The van der Waals surface area contributed by atoms with Crippen molar-refractivity contribution in [2.45, 2.75) is 25.2 Å². The van der Waals surface area contributed by atoms with Gasteiger partial charge in [0.25, 0.3) is 5.91 Å². The average molecular weight is 417 g/mol. The van der Waals surface area contributed by atoms with Crippen LogP contribution in [0.2, 0.25) is 0 Å². The van der Waals surface area contributed by atoms with Crippen molar-refractivity contribution in [1.29, 1.82) is 0 Å². The summed E-state index contributed by atoms with van der Waals surface area (Å²) in [7, 11) is 0. The summed E-state index contributed by atoms with van der Waals surface area (Å²) in [5.41, 5.74) is 2.08. The number of halogens is 1. The number of carbonyl (C=O) groups excluding carboxylic acids is 1. The molecule has 3 nitrogen and oxygen atoms in total. The monoisotopic (exact) mass is 416 g/mol. The molecule has 0 N–H and O–H groups in total. The first-order valence-electron chi connectivity index (χ1n) is 11.4. The van der Waals surface area contributed by atoms with Gasteiger partial charge < -0.3 is 9.80 Å². The van der Waals surface area contributed by atoms with Crippen LogP contribution in [0.4, 0.5) is 4.39 Å². The Hall–Kier alpha value is -2.72. The number of likely N-dealkylation sites (tertiary alicyclic amines) is 2. The van der Waals surface area contributed by atoms with Crippen LogP contribution in [0.25, 0.3) is 10.8 Å². The van der Waals surface area contributed by atoms with E-state index in [1.165, 1.54) is 5.56 Å². The number of carbonyl (C=O) groups is 1. The quantitative estimate of drug-likeness (QED) is 0.575. The van der Waals surface area contributed by atoms with Gasteiger partial charge in [-0.3, -0.25) is 4.79 Å². The molecule has 2 aliphatic heterocycles. The van der Waals surface area contributed by atoms with Crippen LogP contribution >= 0.6 is 0 Å². The van der Waals surface area contributed by atoms with Crippen LogP contribution in [0.15, 0.2) is 66.7 Å². The largest absolute Gasteiger partial charge is 0.338 e. The van der Waals surface area contributed by atoms with Gasteiger partial charge in [-0.15, -0.1) is 0 Å². The number of nitrogens with zero attached hydrogens (tertiary/aromatic N) is 2. The molecule has 4 heteroatoms. The Bertz CT molecular complexity index is 1050. The molecule has 1 atom stereocenters. The molecule has 31 heavy (non-hydrogen) atoms. The second kappa shape index (κ2) is 8.80. The van der Waals surface area contributed by atoms with Crippen LogP contribution in [0.5, 0.6) is 0 Å². The highest BCUT2D eigenvalue weighted by Crippen LogP contribution is 2.30. The van der Waals surface area contributed by atoms with E-state index in [0.29, 0.717) is 11.8 Å². The summed E-state index contributed by atoms with van der Waals surface area (Å²) in [4.78, 5) is 17.8. The Balaban J connectivity index is 1.16. The SMILES string of the molecule is O=C(c1cccc2ccccc12)N1CCC(CN2CCC(c3ccc(F)cc3)CC2)C1. The highest BCUT2D eigenvalue weighted by Gasteiger charge is 2.30. The van der Waals surface area contributed by atoms with Gasteiger partial charge in [0, 0.05) is 25.2 Å². The molecule has 0 spiro atoms. The van der Waals surface area contributed by atoms with Gasteiger partial charge in [-0.05, 0) is 78.7 Å². The van der Waals surface area contributed by atoms with Crippen molar-refractivity contribution < 1.29 is 9.18 Å². The fourth-order valence-corrected chi connectivity index (χ4v) is 5.30. The lowest BCUT2D eigenvalue weighted by Gasteiger charge is -2.33. The summed E-state index contributed by atoms with van der Waals surface area (Å²) < 4.78 is 13.2. The predicted octanol–water partition coefficient (Wildman–Crippen LogP) is 5.32. The molecule has 0 aliphatic carbocycles. The molecular weight excluding hydrogens is 387 g/mol. The summed E-state index contributed by atoms with van der Waals surface area (Å²) in [6.07, 6.45) is 3.32. The van der Waals surface area contributed by atoms with Crippen LogP contribution in [0, 0.1) is 11.7 Å². The predicted molar refractivity (Wildman–Crippen MR) is 123 cm³/mol. The first kappa shape index (κ1) is 20.2. The third-order valence-electron chi connectivity index (χ3n) is 7.04. The molecule has 0 saturated carbocycles. The molecule has 2 fully saturated rings. The van der Waals surface area contributed by atoms with Crippen molar-refractivity contribution in [3.63, 3.8) is 0 Å². The van der Waals surface area contributed by atoms with Gasteiger partial charge in [-0.1, -0.05) is 48.5 Å². The zero-order valence-corrected chi connectivity index (χ0v) is 17.8. The molecule has 5 rings (SSSR count). The third kappa shape index (κ3) is 4.35. The van der Waals surface area contributed by atoms with Crippen LogP contribution in [-0.4, -0.2) is 48.4 Å². The van der Waals surface area contributed by atoms with Gasteiger partial charge in [0.05, 0.1) is 0 Å². The topological polar surface area (TPSA) is 23.6 Å². The maximum atomic E-state index is 13.2. The molecule has 2 heterocycles. The van der Waals surface area contributed by atoms with E-state index >= 15 is 0 Å². The third-order valence-corrected chi connectivity index (χ3v) is 7.04. The summed E-state index contributed by atoms with van der Waals surface area (Å²) >= 11 is 0. The number of hydrogen-bond donors (Lipinski definition) is 0. The van der Waals surface area contributed by atoms with Gasteiger partial charge in [0.1, 0.15) is 5.82 Å². The fourth-order valence-electron chi connectivity index (χ4n) is 5.30. The van der Waals surface area contributed by atoms with E-state index in [2.05, 4.69) is 17.0 Å². The highest BCUT2D eigenvalue weighted by molar-refractivity contribution is 6.07. The van der Waals surface area contributed by atoms with Crippen LogP contribution < -0.4 is 0 Å². The Labute approximate surface area is 183 Å². The van der Waals surface area contributed by atoms with Gasteiger partial charge in [0.2, 0.25) is 0 Å². The Morgan fingerprint density at radius 3 is 2.42 bits per heavy atom. The first-order valence-corrected chi connectivity index (χ1v) is 11.4. The zero-order chi connectivity index (χ0) is 21.2. The molecule has 3 aromatic rings. The molecule has 0 radical (unpaired) electrons. The smallest absolute Gasteiger partial charge is 0.254 e. The van der Waals surface area contributed by atoms with Crippen molar-refractivity contribution >= 4 is 16.7 Å². The molecule has 1 unspecified atom stereocenters. The molecule has 1 amide bonds. The number of hydrogen-bond acceptors (Lipinski definition) is 2. The fraction of sp³-hybridized carbons (Fsp3) is 0.370. The van der Waals surface area contributed by atoms with E-state index in [9.17, 15) is 9.18 Å². The zero-order valence-electron chi connectivity index (χ0n) is 17.8. The normalized spacial score (nSPS) is 20.4. The van der Waals surface area contributed by atoms with Gasteiger partial charge in [-0.2, -0.15) is 0 Å². The maximum absolute atomic E-state index is 13.2. The minimum Gasteiger partial charge on any atom is -0.338 e. The van der Waals surface area contributed by atoms with E-state index in [0.717, 1.165) is 68.3 Å². The Morgan fingerprint density at radius 2 is 1.61 bits per heavy atom. The molecule has 2 saturated heterocycles. The van der Waals surface area contributed by atoms with E-state index in [-0.39, 0.29) is 11.7 Å².